The molecule has 3 aromatic heterocycles. The predicted molar refractivity (Wildman–Crippen MR) is 104 cm³/mol. The number of thiophene rings is 1. The van der Waals surface area contributed by atoms with Crippen LogP contribution in [0.1, 0.15) is 28.2 Å². The highest BCUT2D eigenvalue weighted by molar-refractivity contribution is 7.17. The Kier molecular flexibility index (Phi) is 4.83. The highest BCUT2D eigenvalue weighted by atomic mass is 32.1. The summed E-state index contributed by atoms with van der Waals surface area (Å²) in [6.45, 7) is 3.61. The summed E-state index contributed by atoms with van der Waals surface area (Å²) >= 11 is 2.96. The van der Waals surface area contributed by atoms with Gasteiger partial charge < -0.3 is 9.26 Å². The van der Waals surface area contributed by atoms with Crippen molar-refractivity contribution in [2.45, 2.75) is 20.5 Å². The van der Waals surface area contributed by atoms with Crippen LogP contribution in [0.15, 0.2) is 46.3 Å². The molecule has 0 saturated heterocycles. The van der Waals surface area contributed by atoms with Crippen LogP contribution in [0.5, 0.6) is 5.75 Å². The van der Waals surface area contributed by atoms with E-state index in [0.29, 0.717) is 22.3 Å². The molecule has 1 aromatic carbocycles. The molecule has 0 unspecified atom stereocenters. The second kappa shape index (κ2) is 7.42. The first-order chi connectivity index (χ1) is 13.1. The van der Waals surface area contributed by atoms with E-state index in [0.717, 1.165) is 21.1 Å². The fourth-order valence-electron chi connectivity index (χ4n) is 2.50. The number of ether oxygens (including phenoxy) is 1. The van der Waals surface area contributed by atoms with Gasteiger partial charge in [-0.3, -0.25) is 4.79 Å². The molecule has 0 N–H and O–H groups in total. The number of aromatic nitrogens is 3. The van der Waals surface area contributed by atoms with Gasteiger partial charge in [0.05, 0.1) is 15.4 Å². The Labute approximate surface area is 163 Å². The Hall–Kier alpha value is -2.84. The number of benzene rings is 1. The lowest BCUT2D eigenvalue weighted by molar-refractivity contribution is 0.102. The van der Waals surface area contributed by atoms with E-state index in [4.69, 9.17) is 9.26 Å². The molecule has 0 aliphatic rings. The standard InChI is InChI=1S/C19H15N3O3S2/c1-11-17(12(2)23)27-19(20-11)13-5-7-14(8-6-13)24-10-16-21-18(22-25-16)15-4-3-9-26-15/h3-9H,10H2,1-2H3. The first kappa shape index (κ1) is 17.6. The lowest BCUT2D eigenvalue weighted by Crippen LogP contribution is -1.95. The summed E-state index contributed by atoms with van der Waals surface area (Å²) < 4.78 is 10.9. The van der Waals surface area contributed by atoms with E-state index in [9.17, 15) is 4.79 Å². The van der Waals surface area contributed by atoms with E-state index < -0.39 is 0 Å². The van der Waals surface area contributed by atoms with Crippen molar-refractivity contribution in [3.63, 3.8) is 0 Å². The van der Waals surface area contributed by atoms with Gasteiger partial charge in [-0.05, 0) is 42.6 Å². The molecule has 27 heavy (non-hydrogen) atoms. The van der Waals surface area contributed by atoms with Crippen LogP contribution in [0, 0.1) is 6.92 Å². The highest BCUT2D eigenvalue weighted by Gasteiger charge is 2.13. The number of carbonyl (C=O) groups excluding carboxylic acids is 1. The molecule has 4 aromatic rings. The lowest BCUT2D eigenvalue weighted by atomic mass is 10.2. The van der Waals surface area contributed by atoms with Crippen LogP contribution < -0.4 is 4.74 Å². The van der Waals surface area contributed by atoms with Crippen molar-refractivity contribution >= 4 is 28.5 Å². The van der Waals surface area contributed by atoms with Crippen molar-refractivity contribution in [3.8, 4) is 27.0 Å². The Balaban J connectivity index is 1.42. The zero-order valence-electron chi connectivity index (χ0n) is 14.6. The van der Waals surface area contributed by atoms with Crippen molar-refractivity contribution in [1.29, 1.82) is 0 Å². The van der Waals surface area contributed by atoms with Crippen molar-refractivity contribution < 1.29 is 14.1 Å². The third kappa shape index (κ3) is 3.81. The number of rotatable bonds is 6. The average molecular weight is 397 g/mol. The van der Waals surface area contributed by atoms with Crippen LogP contribution in [-0.4, -0.2) is 20.9 Å². The third-order valence-electron chi connectivity index (χ3n) is 3.79. The van der Waals surface area contributed by atoms with Crippen LogP contribution in [0.2, 0.25) is 0 Å². The van der Waals surface area contributed by atoms with Crippen molar-refractivity contribution in [3.05, 3.63) is 58.2 Å². The van der Waals surface area contributed by atoms with Gasteiger partial charge in [-0.15, -0.1) is 22.7 Å². The van der Waals surface area contributed by atoms with Gasteiger partial charge in [-0.2, -0.15) is 4.98 Å². The molecule has 3 heterocycles. The van der Waals surface area contributed by atoms with E-state index in [1.165, 1.54) is 11.3 Å². The molecular formula is C19H15N3O3S2. The summed E-state index contributed by atoms with van der Waals surface area (Å²) in [6.07, 6.45) is 0. The quantitative estimate of drug-likeness (QED) is 0.426. The van der Waals surface area contributed by atoms with Gasteiger partial charge in [0.1, 0.15) is 10.8 Å². The number of aryl methyl sites for hydroxylation is 1. The molecule has 0 spiro atoms. The Morgan fingerprint density at radius 2 is 2.00 bits per heavy atom. The lowest BCUT2D eigenvalue weighted by Gasteiger charge is -2.03. The van der Waals surface area contributed by atoms with Gasteiger partial charge in [0.25, 0.3) is 5.89 Å². The number of hydrogen-bond donors (Lipinski definition) is 0. The van der Waals surface area contributed by atoms with Crippen LogP contribution >= 0.6 is 22.7 Å². The van der Waals surface area contributed by atoms with Gasteiger partial charge in [0.2, 0.25) is 5.82 Å². The normalized spacial score (nSPS) is 10.9. The minimum Gasteiger partial charge on any atom is -0.484 e. The molecule has 136 valence electrons. The molecule has 4 rings (SSSR count). The average Bonchev–Trinajstić information content (AvgIpc) is 3.40. The minimum absolute atomic E-state index is 0.0395. The fraction of sp³-hybridized carbons (Fsp3) is 0.158. The summed E-state index contributed by atoms with van der Waals surface area (Å²) in [4.78, 5) is 22.1. The van der Waals surface area contributed by atoms with Gasteiger partial charge in [0, 0.05) is 12.5 Å². The maximum Gasteiger partial charge on any atom is 0.264 e. The minimum atomic E-state index is 0.0395. The second-order valence-corrected chi connectivity index (χ2v) is 7.74. The molecule has 0 atom stereocenters. The van der Waals surface area contributed by atoms with E-state index in [-0.39, 0.29) is 12.4 Å². The number of nitrogens with zero attached hydrogens (tertiary/aromatic N) is 3. The summed E-state index contributed by atoms with van der Waals surface area (Å²) in [6, 6.07) is 11.4. The monoisotopic (exact) mass is 397 g/mol. The Morgan fingerprint density at radius 1 is 1.19 bits per heavy atom. The van der Waals surface area contributed by atoms with E-state index in [1.807, 2.05) is 48.7 Å². The number of hydrogen-bond acceptors (Lipinski definition) is 8. The Morgan fingerprint density at radius 3 is 2.67 bits per heavy atom. The zero-order chi connectivity index (χ0) is 18.8. The van der Waals surface area contributed by atoms with Gasteiger partial charge in [-0.1, -0.05) is 11.2 Å². The fourth-order valence-corrected chi connectivity index (χ4v) is 4.12. The van der Waals surface area contributed by atoms with E-state index >= 15 is 0 Å². The van der Waals surface area contributed by atoms with E-state index in [1.54, 1.807) is 18.3 Å². The van der Waals surface area contributed by atoms with Crippen LogP contribution in [0.25, 0.3) is 21.3 Å². The second-order valence-electron chi connectivity index (χ2n) is 5.79. The maximum atomic E-state index is 11.6. The number of ketones is 1. The molecule has 0 fully saturated rings. The van der Waals surface area contributed by atoms with Crippen LogP contribution in [0.4, 0.5) is 0 Å². The van der Waals surface area contributed by atoms with Gasteiger partial charge in [-0.25, -0.2) is 4.98 Å². The zero-order valence-corrected chi connectivity index (χ0v) is 16.3. The molecule has 0 saturated carbocycles. The summed E-state index contributed by atoms with van der Waals surface area (Å²) in [5, 5.41) is 6.75. The molecule has 0 bridgehead atoms. The molecule has 0 radical (unpaired) electrons. The van der Waals surface area contributed by atoms with Crippen LogP contribution in [0.3, 0.4) is 0 Å². The van der Waals surface area contributed by atoms with Crippen molar-refractivity contribution in [2.24, 2.45) is 0 Å². The SMILES string of the molecule is CC(=O)c1sc(-c2ccc(OCc3nc(-c4cccs4)no3)cc2)nc1C. The number of Topliss-reactive ketones (excluding diaryl/α,β-unsaturated/α-hetero) is 1. The Bertz CT molecular complexity index is 1070. The van der Waals surface area contributed by atoms with Crippen molar-refractivity contribution in [1.82, 2.24) is 15.1 Å². The topological polar surface area (TPSA) is 78.1 Å². The third-order valence-corrected chi connectivity index (χ3v) is 5.96. The number of thiazole rings is 1. The molecular weight excluding hydrogens is 382 g/mol. The van der Waals surface area contributed by atoms with Gasteiger partial charge >= 0.3 is 0 Å². The van der Waals surface area contributed by atoms with Gasteiger partial charge in [0.15, 0.2) is 12.4 Å². The largest absolute Gasteiger partial charge is 0.484 e. The van der Waals surface area contributed by atoms with E-state index in [2.05, 4.69) is 15.1 Å². The first-order valence-electron chi connectivity index (χ1n) is 8.18. The van der Waals surface area contributed by atoms with Crippen LogP contribution in [-0.2, 0) is 6.61 Å². The smallest absolute Gasteiger partial charge is 0.264 e. The van der Waals surface area contributed by atoms with Crippen molar-refractivity contribution in [2.75, 3.05) is 0 Å². The molecule has 0 amide bonds. The maximum absolute atomic E-state index is 11.6. The first-order valence-corrected chi connectivity index (χ1v) is 9.88. The summed E-state index contributed by atoms with van der Waals surface area (Å²) in [5.41, 5.74) is 1.71. The molecule has 0 aliphatic heterocycles. The summed E-state index contributed by atoms with van der Waals surface area (Å²) in [7, 11) is 0. The predicted octanol–water partition coefficient (Wildman–Crippen LogP) is 5.01. The molecule has 0 aliphatic carbocycles. The number of carbonyl (C=O) groups is 1. The molecule has 6 nitrogen and oxygen atoms in total. The molecule has 8 heteroatoms. The highest BCUT2D eigenvalue weighted by Crippen LogP contribution is 2.29. The summed E-state index contributed by atoms with van der Waals surface area (Å²) in [5.74, 6) is 1.72.